The van der Waals surface area contributed by atoms with Crippen LogP contribution in [0.1, 0.15) is 12.5 Å². The van der Waals surface area contributed by atoms with Crippen molar-refractivity contribution in [3.05, 3.63) is 54.1 Å². The zero-order chi connectivity index (χ0) is 18.8. The summed E-state index contributed by atoms with van der Waals surface area (Å²) in [5, 5.41) is 12.3. The number of benzene rings is 2. The van der Waals surface area contributed by atoms with Crippen LogP contribution >= 0.6 is 0 Å². The number of carbonyl (C=O) groups is 1. The summed E-state index contributed by atoms with van der Waals surface area (Å²) in [7, 11) is 0. The first kappa shape index (κ1) is 17.0. The summed E-state index contributed by atoms with van der Waals surface area (Å²) < 4.78 is 7.14. The van der Waals surface area contributed by atoms with E-state index in [4.69, 9.17) is 4.52 Å². The molecule has 0 radical (unpaired) electrons. The number of aryl methyl sites for hydroxylation is 1. The number of aromatic nitrogens is 4. The standard InChI is InChI=1S/C20H19N5O2/c1-3-21-17(26)12-25-16-10-5-4-9-15(16)18(23-25)20-22-19(24-27-20)14-8-6-7-13(2)11-14/h4-11H,3,12H2,1-2H3,(H,21,26). The van der Waals surface area contributed by atoms with Gasteiger partial charge in [-0.15, -0.1) is 0 Å². The minimum Gasteiger partial charge on any atom is -0.355 e. The Morgan fingerprint density at radius 1 is 1.19 bits per heavy atom. The molecule has 7 heteroatoms. The van der Waals surface area contributed by atoms with E-state index in [0.29, 0.717) is 24.0 Å². The van der Waals surface area contributed by atoms with Gasteiger partial charge in [0.25, 0.3) is 5.89 Å². The number of para-hydroxylation sites is 1. The van der Waals surface area contributed by atoms with Gasteiger partial charge in [0.2, 0.25) is 11.7 Å². The Morgan fingerprint density at radius 3 is 2.85 bits per heavy atom. The normalized spacial score (nSPS) is 11.0. The summed E-state index contributed by atoms with van der Waals surface area (Å²) in [6, 6.07) is 15.6. The van der Waals surface area contributed by atoms with Gasteiger partial charge in [0, 0.05) is 17.5 Å². The molecule has 2 aromatic heterocycles. The molecule has 1 N–H and O–H groups in total. The summed E-state index contributed by atoms with van der Waals surface area (Å²) in [6.07, 6.45) is 0. The molecule has 0 unspecified atom stereocenters. The number of carbonyl (C=O) groups excluding carboxylic acids is 1. The van der Waals surface area contributed by atoms with Crippen molar-refractivity contribution >= 4 is 16.8 Å². The highest BCUT2D eigenvalue weighted by molar-refractivity contribution is 5.92. The van der Waals surface area contributed by atoms with Crippen LogP contribution in [-0.4, -0.2) is 32.4 Å². The second-order valence-electron chi connectivity index (χ2n) is 6.27. The molecule has 0 fully saturated rings. The quantitative estimate of drug-likeness (QED) is 0.590. The van der Waals surface area contributed by atoms with E-state index >= 15 is 0 Å². The maximum absolute atomic E-state index is 12.0. The maximum Gasteiger partial charge on any atom is 0.279 e. The number of likely N-dealkylation sites (N-methyl/N-ethyl adjacent to an activating group) is 1. The summed E-state index contributed by atoms with van der Waals surface area (Å²) in [4.78, 5) is 16.5. The molecule has 0 bridgehead atoms. The number of rotatable bonds is 5. The molecule has 27 heavy (non-hydrogen) atoms. The molecular formula is C20H19N5O2. The zero-order valence-corrected chi connectivity index (χ0v) is 15.1. The monoisotopic (exact) mass is 361 g/mol. The van der Waals surface area contributed by atoms with E-state index in [1.807, 2.05) is 62.4 Å². The molecule has 0 spiro atoms. The lowest BCUT2D eigenvalue weighted by Gasteiger charge is -2.03. The average molecular weight is 361 g/mol. The first-order valence-electron chi connectivity index (χ1n) is 8.79. The molecule has 136 valence electrons. The summed E-state index contributed by atoms with van der Waals surface area (Å²) in [6.45, 7) is 4.61. The van der Waals surface area contributed by atoms with Gasteiger partial charge in [0.05, 0.1) is 5.52 Å². The van der Waals surface area contributed by atoms with Crippen LogP contribution < -0.4 is 5.32 Å². The van der Waals surface area contributed by atoms with Crippen molar-refractivity contribution < 1.29 is 9.32 Å². The molecule has 0 aliphatic rings. The van der Waals surface area contributed by atoms with Gasteiger partial charge >= 0.3 is 0 Å². The minimum atomic E-state index is -0.0942. The second kappa shape index (κ2) is 7.03. The highest BCUT2D eigenvalue weighted by atomic mass is 16.5. The van der Waals surface area contributed by atoms with Crippen LogP contribution in [0.3, 0.4) is 0 Å². The zero-order valence-electron chi connectivity index (χ0n) is 15.1. The molecule has 0 saturated carbocycles. The van der Waals surface area contributed by atoms with Crippen molar-refractivity contribution in [3.8, 4) is 23.0 Å². The number of amides is 1. The van der Waals surface area contributed by atoms with Crippen LogP contribution in [0.15, 0.2) is 53.1 Å². The lowest BCUT2D eigenvalue weighted by atomic mass is 10.1. The molecular weight excluding hydrogens is 342 g/mol. The lowest BCUT2D eigenvalue weighted by molar-refractivity contribution is -0.121. The third-order valence-corrected chi connectivity index (χ3v) is 4.23. The van der Waals surface area contributed by atoms with Crippen molar-refractivity contribution in [2.24, 2.45) is 0 Å². The molecule has 4 aromatic rings. The highest BCUT2D eigenvalue weighted by Crippen LogP contribution is 2.28. The van der Waals surface area contributed by atoms with Gasteiger partial charge in [0.15, 0.2) is 5.69 Å². The summed E-state index contributed by atoms with van der Waals surface area (Å²) >= 11 is 0. The maximum atomic E-state index is 12.0. The Labute approximate surface area is 156 Å². The van der Waals surface area contributed by atoms with Gasteiger partial charge in [-0.1, -0.05) is 47.1 Å². The predicted octanol–water partition coefficient (Wildman–Crippen LogP) is 3.20. The van der Waals surface area contributed by atoms with E-state index in [-0.39, 0.29) is 12.5 Å². The van der Waals surface area contributed by atoms with E-state index in [1.54, 1.807) is 4.68 Å². The van der Waals surface area contributed by atoms with Crippen LogP contribution in [0.25, 0.3) is 33.9 Å². The number of hydrogen-bond acceptors (Lipinski definition) is 5. The van der Waals surface area contributed by atoms with E-state index < -0.39 is 0 Å². The largest absolute Gasteiger partial charge is 0.355 e. The SMILES string of the molecule is CCNC(=O)Cn1nc(-c2nc(-c3cccc(C)c3)no2)c2ccccc21. The third kappa shape index (κ3) is 3.31. The highest BCUT2D eigenvalue weighted by Gasteiger charge is 2.19. The minimum absolute atomic E-state index is 0.0942. The molecule has 4 rings (SSSR count). The number of nitrogens with one attached hydrogen (secondary N) is 1. The molecule has 7 nitrogen and oxygen atoms in total. The van der Waals surface area contributed by atoms with Gasteiger partial charge in [-0.05, 0) is 26.0 Å². The molecule has 0 saturated heterocycles. The van der Waals surface area contributed by atoms with Crippen molar-refractivity contribution in [1.82, 2.24) is 25.2 Å². The average Bonchev–Trinajstić information content (AvgIpc) is 3.27. The van der Waals surface area contributed by atoms with Gasteiger partial charge in [0.1, 0.15) is 6.54 Å². The van der Waals surface area contributed by atoms with Crippen molar-refractivity contribution in [1.29, 1.82) is 0 Å². The van der Waals surface area contributed by atoms with Crippen LogP contribution in [0.2, 0.25) is 0 Å². The van der Waals surface area contributed by atoms with E-state index in [1.165, 1.54) is 0 Å². The topological polar surface area (TPSA) is 85.8 Å². The second-order valence-corrected chi connectivity index (χ2v) is 6.27. The molecule has 1 amide bonds. The van der Waals surface area contributed by atoms with E-state index in [0.717, 1.165) is 22.0 Å². The Balaban J connectivity index is 1.75. The van der Waals surface area contributed by atoms with Gasteiger partial charge in [-0.25, -0.2) is 0 Å². The smallest absolute Gasteiger partial charge is 0.279 e. The summed E-state index contributed by atoms with van der Waals surface area (Å²) in [5.74, 6) is 0.747. The van der Waals surface area contributed by atoms with Crippen LogP contribution in [-0.2, 0) is 11.3 Å². The van der Waals surface area contributed by atoms with Crippen LogP contribution in [0.5, 0.6) is 0 Å². The first-order valence-corrected chi connectivity index (χ1v) is 8.79. The molecule has 2 aromatic carbocycles. The fourth-order valence-corrected chi connectivity index (χ4v) is 3.02. The molecule has 0 aliphatic heterocycles. The Kier molecular flexibility index (Phi) is 4.42. The molecule has 0 atom stereocenters. The van der Waals surface area contributed by atoms with Crippen molar-refractivity contribution in [2.75, 3.05) is 6.54 Å². The number of hydrogen-bond donors (Lipinski definition) is 1. The molecule has 0 aliphatic carbocycles. The fourth-order valence-electron chi connectivity index (χ4n) is 3.02. The van der Waals surface area contributed by atoms with Gasteiger partial charge in [-0.3, -0.25) is 9.48 Å². The Bertz CT molecular complexity index is 1110. The van der Waals surface area contributed by atoms with E-state index in [2.05, 4.69) is 20.6 Å². The Hall–Kier alpha value is -3.48. The van der Waals surface area contributed by atoms with Gasteiger partial charge < -0.3 is 9.84 Å². The van der Waals surface area contributed by atoms with Crippen LogP contribution in [0, 0.1) is 6.92 Å². The Morgan fingerprint density at radius 2 is 2.04 bits per heavy atom. The predicted molar refractivity (Wildman–Crippen MR) is 102 cm³/mol. The fraction of sp³-hybridized carbons (Fsp3) is 0.200. The summed E-state index contributed by atoms with van der Waals surface area (Å²) in [5.41, 5.74) is 3.42. The van der Waals surface area contributed by atoms with Crippen molar-refractivity contribution in [3.63, 3.8) is 0 Å². The molecule has 2 heterocycles. The first-order chi connectivity index (χ1) is 13.2. The van der Waals surface area contributed by atoms with Crippen molar-refractivity contribution in [2.45, 2.75) is 20.4 Å². The number of fused-ring (bicyclic) bond motifs is 1. The van der Waals surface area contributed by atoms with Crippen LogP contribution in [0.4, 0.5) is 0 Å². The number of nitrogens with zero attached hydrogens (tertiary/aromatic N) is 4. The lowest BCUT2D eigenvalue weighted by Crippen LogP contribution is -2.27. The third-order valence-electron chi connectivity index (χ3n) is 4.23. The van der Waals surface area contributed by atoms with Gasteiger partial charge in [-0.2, -0.15) is 10.1 Å². The van der Waals surface area contributed by atoms with E-state index in [9.17, 15) is 4.79 Å².